The minimum Gasteiger partial charge on any atom is -0.373 e. The topological polar surface area (TPSA) is 38.2 Å². The molecule has 1 fully saturated rings. The third-order valence-corrected chi connectivity index (χ3v) is 6.96. The summed E-state index contributed by atoms with van der Waals surface area (Å²) in [4.78, 5) is 11.8. The Balaban J connectivity index is 1.26. The molecule has 0 atom stereocenters. The van der Waals surface area contributed by atoms with E-state index in [1.165, 1.54) is 11.1 Å². The summed E-state index contributed by atoms with van der Waals surface area (Å²) in [6.45, 7) is 10.1. The van der Waals surface area contributed by atoms with Gasteiger partial charge in [-0.15, -0.1) is 0 Å². The molecule has 3 aromatic rings. The Bertz CT molecular complexity index is 1170. The highest BCUT2D eigenvalue weighted by Crippen LogP contribution is 2.39. The average Bonchev–Trinajstić information content (AvgIpc) is 2.90. The van der Waals surface area contributed by atoms with Crippen molar-refractivity contribution in [2.75, 3.05) is 25.6 Å². The van der Waals surface area contributed by atoms with Crippen molar-refractivity contribution in [1.29, 1.82) is 0 Å². The predicted octanol–water partition coefficient (Wildman–Crippen LogP) is 7.23. The number of hydrogen-bond donors (Lipinski definition) is 0. The second kappa shape index (κ2) is 11.9. The first-order valence-corrected chi connectivity index (χ1v) is 12.6. The molecule has 0 N–H and O–H groups in total. The fraction of sp³-hybridized carbons (Fsp3) is 0.355. The van der Waals surface area contributed by atoms with Crippen LogP contribution in [0.5, 0.6) is 0 Å². The number of nitrogens with zero attached hydrogens (tertiary/aromatic N) is 3. The summed E-state index contributed by atoms with van der Waals surface area (Å²) < 4.78 is 5.74. The van der Waals surface area contributed by atoms with Crippen LogP contribution in [0.3, 0.4) is 0 Å². The second-order valence-electron chi connectivity index (χ2n) is 9.69. The lowest BCUT2D eigenvalue weighted by atomic mass is 9.75. The minimum atomic E-state index is 0.428. The highest BCUT2D eigenvalue weighted by molar-refractivity contribution is 5.90. The highest BCUT2D eigenvalue weighted by Gasteiger charge is 2.26. The first-order valence-electron chi connectivity index (χ1n) is 12.6. The third kappa shape index (κ3) is 6.46. The van der Waals surface area contributed by atoms with Crippen LogP contribution in [0.1, 0.15) is 43.5 Å². The quantitative estimate of drug-likeness (QED) is 0.233. The molecule has 4 rings (SSSR count). The Labute approximate surface area is 210 Å². The maximum Gasteiger partial charge on any atom is 0.157 e. The van der Waals surface area contributed by atoms with Crippen LogP contribution in [-0.4, -0.2) is 30.7 Å². The van der Waals surface area contributed by atoms with Gasteiger partial charge in [-0.1, -0.05) is 73.3 Å². The number of anilines is 1. The average molecular weight is 468 g/mol. The van der Waals surface area contributed by atoms with Crippen molar-refractivity contribution < 1.29 is 4.74 Å². The van der Waals surface area contributed by atoms with Crippen molar-refractivity contribution >= 4 is 22.3 Å². The summed E-state index contributed by atoms with van der Waals surface area (Å²) in [6.07, 6.45) is 9.75. The van der Waals surface area contributed by atoms with E-state index in [4.69, 9.17) is 14.7 Å². The van der Waals surface area contributed by atoms with Gasteiger partial charge in [0.2, 0.25) is 0 Å². The molecular formula is C31H37N3O. The van der Waals surface area contributed by atoms with Crippen molar-refractivity contribution in [3.05, 3.63) is 96.9 Å². The molecule has 182 valence electrons. The molecule has 1 aliphatic rings. The zero-order valence-corrected chi connectivity index (χ0v) is 21.1. The van der Waals surface area contributed by atoms with Crippen molar-refractivity contribution in [2.45, 2.75) is 38.7 Å². The number of aromatic nitrogens is 2. The Kier molecular flexibility index (Phi) is 8.49. The van der Waals surface area contributed by atoms with E-state index in [0.717, 1.165) is 60.2 Å². The van der Waals surface area contributed by atoms with Crippen LogP contribution in [0.15, 0.2) is 85.5 Å². The van der Waals surface area contributed by atoms with Gasteiger partial charge in [-0.25, -0.2) is 9.97 Å². The molecule has 0 spiro atoms. The van der Waals surface area contributed by atoms with E-state index in [0.29, 0.717) is 25.0 Å². The molecule has 0 amide bonds. The lowest BCUT2D eigenvalue weighted by Crippen LogP contribution is -2.18. The largest absolute Gasteiger partial charge is 0.373 e. The Hall–Kier alpha value is -3.24. The van der Waals surface area contributed by atoms with E-state index in [-0.39, 0.29) is 0 Å². The molecular weight excluding hydrogens is 430 g/mol. The van der Waals surface area contributed by atoms with E-state index in [1.807, 2.05) is 44.4 Å². The van der Waals surface area contributed by atoms with Gasteiger partial charge < -0.3 is 9.64 Å². The van der Waals surface area contributed by atoms with Gasteiger partial charge in [0.1, 0.15) is 5.82 Å². The predicted molar refractivity (Wildman–Crippen MR) is 147 cm³/mol. The normalized spacial score (nSPS) is 18.1. The van der Waals surface area contributed by atoms with Crippen LogP contribution in [0.4, 0.5) is 5.82 Å². The first-order chi connectivity index (χ1) is 17.0. The monoisotopic (exact) mass is 467 g/mol. The van der Waals surface area contributed by atoms with Crippen molar-refractivity contribution in [3.8, 4) is 0 Å². The Morgan fingerprint density at radius 1 is 0.914 bits per heavy atom. The standard InChI is InChI=1S/C31H37N3O/c1-23(12-10-11-21-35-22-25-13-6-5-7-14-25)26-17-19-27(20-18-26)24(2)30-32-29-16-9-8-15-28(29)31(33-30)34(3)4/h5-11,13-16,26-27H,1-2,12,17-22H2,3-4H3/b11-10+/t26-,27+. The number of fused-ring (bicyclic) bond motifs is 1. The molecule has 1 heterocycles. The molecule has 0 radical (unpaired) electrons. The van der Waals surface area contributed by atoms with Gasteiger partial charge in [-0.05, 0) is 67.2 Å². The van der Waals surface area contributed by atoms with Crippen LogP contribution in [0, 0.1) is 11.8 Å². The van der Waals surface area contributed by atoms with Crippen LogP contribution in [0.25, 0.3) is 16.5 Å². The Morgan fingerprint density at radius 3 is 2.34 bits per heavy atom. The minimum absolute atomic E-state index is 0.428. The summed E-state index contributed by atoms with van der Waals surface area (Å²) in [5.74, 6) is 2.74. The van der Waals surface area contributed by atoms with Gasteiger partial charge in [-0.3, -0.25) is 0 Å². The van der Waals surface area contributed by atoms with Crippen molar-refractivity contribution in [1.82, 2.24) is 9.97 Å². The van der Waals surface area contributed by atoms with Crippen LogP contribution >= 0.6 is 0 Å². The number of allylic oxidation sites excluding steroid dienone is 3. The number of benzene rings is 2. The van der Waals surface area contributed by atoms with E-state index >= 15 is 0 Å². The van der Waals surface area contributed by atoms with E-state index in [1.54, 1.807) is 0 Å². The van der Waals surface area contributed by atoms with Gasteiger partial charge in [0.15, 0.2) is 5.82 Å². The first kappa shape index (κ1) is 24.9. The number of ether oxygens (including phenoxy) is 1. The smallest absolute Gasteiger partial charge is 0.157 e. The third-order valence-electron chi connectivity index (χ3n) is 6.96. The summed E-state index contributed by atoms with van der Waals surface area (Å²) in [5.41, 5.74) is 4.57. The molecule has 1 saturated carbocycles. The van der Waals surface area contributed by atoms with Crippen molar-refractivity contribution in [3.63, 3.8) is 0 Å². The lowest BCUT2D eigenvalue weighted by molar-refractivity contribution is 0.148. The highest BCUT2D eigenvalue weighted by atomic mass is 16.5. The van der Waals surface area contributed by atoms with Gasteiger partial charge in [-0.2, -0.15) is 0 Å². The SMILES string of the molecule is C=C(C/C=C/COCc1ccccc1)[C@H]1CC[C@@H](C(=C)c2nc(N(C)C)c3ccccc3n2)CC1. The van der Waals surface area contributed by atoms with Crippen LogP contribution in [-0.2, 0) is 11.3 Å². The zero-order valence-electron chi connectivity index (χ0n) is 21.1. The fourth-order valence-electron chi connectivity index (χ4n) is 4.87. The molecule has 0 bridgehead atoms. The van der Waals surface area contributed by atoms with Gasteiger partial charge in [0.25, 0.3) is 0 Å². The summed E-state index contributed by atoms with van der Waals surface area (Å²) >= 11 is 0. The van der Waals surface area contributed by atoms with Crippen LogP contribution in [0.2, 0.25) is 0 Å². The van der Waals surface area contributed by atoms with E-state index in [9.17, 15) is 0 Å². The van der Waals surface area contributed by atoms with E-state index in [2.05, 4.69) is 54.5 Å². The number of rotatable bonds is 10. The lowest BCUT2D eigenvalue weighted by Gasteiger charge is -2.30. The maximum atomic E-state index is 5.74. The summed E-state index contributed by atoms with van der Waals surface area (Å²) in [7, 11) is 4.06. The molecule has 4 nitrogen and oxygen atoms in total. The molecule has 1 aliphatic carbocycles. The molecule has 4 heteroatoms. The Morgan fingerprint density at radius 2 is 1.60 bits per heavy atom. The fourth-order valence-corrected chi connectivity index (χ4v) is 4.87. The molecule has 0 saturated heterocycles. The van der Waals surface area contributed by atoms with Gasteiger partial charge in [0, 0.05) is 19.5 Å². The molecule has 35 heavy (non-hydrogen) atoms. The second-order valence-corrected chi connectivity index (χ2v) is 9.69. The zero-order chi connectivity index (χ0) is 24.6. The van der Waals surface area contributed by atoms with Gasteiger partial charge in [0.05, 0.1) is 18.7 Å². The summed E-state index contributed by atoms with van der Waals surface area (Å²) in [6, 6.07) is 18.5. The van der Waals surface area contributed by atoms with Crippen molar-refractivity contribution in [2.24, 2.45) is 11.8 Å². The molecule has 0 unspecified atom stereocenters. The molecule has 0 aliphatic heterocycles. The molecule has 2 aromatic carbocycles. The van der Waals surface area contributed by atoms with Gasteiger partial charge >= 0.3 is 0 Å². The number of para-hydroxylation sites is 1. The summed E-state index contributed by atoms with van der Waals surface area (Å²) in [5, 5.41) is 1.08. The van der Waals surface area contributed by atoms with Crippen LogP contribution < -0.4 is 4.90 Å². The van der Waals surface area contributed by atoms with E-state index < -0.39 is 0 Å². The maximum absolute atomic E-state index is 5.74. The molecule has 1 aromatic heterocycles. The number of hydrogen-bond acceptors (Lipinski definition) is 4.